The number of hydrogen-bond donors (Lipinski definition) is 2. The van der Waals surface area contributed by atoms with Gasteiger partial charge in [0.25, 0.3) is 0 Å². The molecule has 0 bridgehead atoms. The highest BCUT2D eigenvalue weighted by atomic mass is 16.2. The predicted molar refractivity (Wildman–Crippen MR) is 65.1 cm³/mol. The van der Waals surface area contributed by atoms with Crippen molar-refractivity contribution in [3.63, 3.8) is 0 Å². The third-order valence-electron chi connectivity index (χ3n) is 3.02. The van der Waals surface area contributed by atoms with Gasteiger partial charge in [0.15, 0.2) is 0 Å². The number of benzene rings is 1. The van der Waals surface area contributed by atoms with Gasteiger partial charge in [-0.3, -0.25) is 4.79 Å². The fraction of sp³-hybridized carbons (Fsp3) is 0.462. The Bertz CT molecular complexity index is 389. The Morgan fingerprint density at radius 3 is 2.88 bits per heavy atom. The third-order valence-corrected chi connectivity index (χ3v) is 3.02. The van der Waals surface area contributed by atoms with Crippen LogP contribution in [0.1, 0.15) is 18.9 Å². The quantitative estimate of drug-likeness (QED) is 0.811. The summed E-state index contributed by atoms with van der Waals surface area (Å²) in [6.45, 7) is 2.94. The van der Waals surface area contributed by atoms with Crippen molar-refractivity contribution in [2.24, 2.45) is 11.8 Å². The van der Waals surface area contributed by atoms with Crippen molar-refractivity contribution < 1.29 is 4.79 Å². The van der Waals surface area contributed by atoms with E-state index in [9.17, 15) is 4.79 Å². The summed E-state index contributed by atoms with van der Waals surface area (Å²) in [7, 11) is 1.91. The molecule has 1 aliphatic carbocycles. The van der Waals surface area contributed by atoms with Crippen molar-refractivity contribution in [3.05, 3.63) is 29.8 Å². The maximum atomic E-state index is 11.7. The van der Waals surface area contributed by atoms with E-state index >= 15 is 0 Å². The van der Waals surface area contributed by atoms with Crippen molar-refractivity contribution in [1.29, 1.82) is 0 Å². The van der Waals surface area contributed by atoms with Crippen molar-refractivity contribution in [2.45, 2.75) is 19.9 Å². The largest absolute Gasteiger partial charge is 0.326 e. The molecule has 1 amide bonds. The van der Waals surface area contributed by atoms with E-state index in [0.29, 0.717) is 5.92 Å². The number of anilines is 1. The lowest BCUT2D eigenvalue weighted by Gasteiger charge is -2.06. The van der Waals surface area contributed by atoms with Gasteiger partial charge in [0, 0.05) is 18.2 Å². The molecule has 86 valence electrons. The second-order valence-electron chi connectivity index (χ2n) is 4.54. The second kappa shape index (κ2) is 4.66. The van der Waals surface area contributed by atoms with E-state index < -0.39 is 0 Å². The molecule has 0 aliphatic heterocycles. The fourth-order valence-corrected chi connectivity index (χ4v) is 1.89. The van der Waals surface area contributed by atoms with Crippen molar-refractivity contribution in [1.82, 2.24) is 5.32 Å². The van der Waals surface area contributed by atoms with Gasteiger partial charge in [-0.2, -0.15) is 0 Å². The molecule has 0 saturated heterocycles. The van der Waals surface area contributed by atoms with Gasteiger partial charge >= 0.3 is 0 Å². The molecule has 1 aliphatic rings. The summed E-state index contributed by atoms with van der Waals surface area (Å²) in [6.07, 6.45) is 1.03. The van der Waals surface area contributed by atoms with Gasteiger partial charge in [-0.05, 0) is 37.1 Å². The average Bonchev–Trinajstić information content (AvgIpc) is 2.97. The Hall–Kier alpha value is -1.35. The molecule has 2 unspecified atom stereocenters. The maximum absolute atomic E-state index is 11.7. The monoisotopic (exact) mass is 218 g/mol. The van der Waals surface area contributed by atoms with Crippen LogP contribution in [0.15, 0.2) is 24.3 Å². The van der Waals surface area contributed by atoms with Crippen LogP contribution in [0, 0.1) is 11.8 Å². The van der Waals surface area contributed by atoms with Gasteiger partial charge in [-0.1, -0.05) is 19.1 Å². The minimum atomic E-state index is 0.161. The number of hydrogen-bond acceptors (Lipinski definition) is 2. The summed E-state index contributed by atoms with van der Waals surface area (Å²) in [4.78, 5) is 11.7. The summed E-state index contributed by atoms with van der Waals surface area (Å²) in [5, 5.41) is 6.06. The topological polar surface area (TPSA) is 41.1 Å². The van der Waals surface area contributed by atoms with Crippen molar-refractivity contribution in [2.75, 3.05) is 12.4 Å². The average molecular weight is 218 g/mol. The number of rotatable bonds is 4. The minimum absolute atomic E-state index is 0.161. The Morgan fingerprint density at radius 2 is 2.25 bits per heavy atom. The van der Waals surface area contributed by atoms with Crippen molar-refractivity contribution >= 4 is 11.6 Å². The van der Waals surface area contributed by atoms with Crippen LogP contribution >= 0.6 is 0 Å². The highest BCUT2D eigenvalue weighted by Crippen LogP contribution is 2.38. The van der Waals surface area contributed by atoms with Gasteiger partial charge in [0.1, 0.15) is 0 Å². The van der Waals surface area contributed by atoms with Crippen LogP contribution in [0.4, 0.5) is 5.69 Å². The number of carbonyl (C=O) groups is 1. The highest BCUT2D eigenvalue weighted by molar-refractivity contribution is 5.94. The summed E-state index contributed by atoms with van der Waals surface area (Å²) < 4.78 is 0. The number of carbonyl (C=O) groups excluding carboxylic acids is 1. The number of amides is 1. The van der Waals surface area contributed by atoms with E-state index in [1.54, 1.807) is 0 Å². The zero-order chi connectivity index (χ0) is 11.5. The molecular weight excluding hydrogens is 200 g/mol. The SMILES string of the molecule is CNCc1cccc(NC(=O)C2CC2C)c1. The van der Waals surface area contributed by atoms with E-state index in [4.69, 9.17) is 0 Å². The third kappa shape index (κ3) is 2.61. The Labute approximate surface area is 96.2 Å². The summed E-state index contributed by atoms with van der Waals surface area (Å²) in [6, 6.07) is 7.97. The van der Waals surface area contributed by atoms with Gasteiger partial charge in [0.05, 0.1) is 0 Å². The van der Waals surface area contributed by atoms with Crippen LogP contribution in [0.25, 0.3) is 0 Å². The standard InChI is InChI=1S/C13H18N2O/c1-9-6-12(9)13(16)15-11-5-3-4-10(7-11)8-14-2/h3-5,7,9,12,14H,6,8H2,1-2H3,(H,15,16). The summed E-state index contributed by atoms with van der Waals surface area (Å²) in [5.74, 6) is 0.947. The lowest BCUT2D eigenvalue weighted by Crippen LogP contribution is -2.14. The molecular formula is C13H18N2O. The molecule has 2 rings (SSSR count). The predicted octanol–water partition coefficient (Wildman–Crippen LogP) is 2.00. The van der Waals surface area contributed by atoms with Gasteiger partial charge in [0.2, 0.25) is 5.91 Å². The van der Waals surface area contributed by atoms with Crippen molar-refractivity contribution in [3.8, 4) is 0 Å². The van der Waals surface area contributed by atoms with Crippen LogP contribution in [0.3, 0.4) is 0 Å². The highest BCUT2D eigenvalue weighted by Gasteiger charge is 2.38. The first kappa shape index (κ1) is 11.1. The first-order chi connectivity index (χ1) is 7.70. The second-order valence-corrected chi connectivity index (χ2v) is 4.54. The molecule has 1 aromatic carbocycles. The van der Waals surface area contributed by atoms with Crippen LogP contribution in [-0.4, -0.2) is 13.0 Å². The van der Waals surface area contributed by atoms with Gasteiger partial charge < -0.3 is 10.6 Å². The molecule has 2 N–H and O–H groups in total. The Morgan fingerprint density at radius 1 is 1.50 bits per heavy atom. The molecule has 1 saturated carbocycles. The first-order valence-corrected chi connectivity index (χ1v) is 5.75. The Balaban J connectivity index is 1.98. The van der Waals surface area contributed by atoms with E-state index in [1.165, 1.54) is 5.56 Å². The molecule has 0 radical (unpaired) electrons. The van der Waals surface area contributed by atoms with Crippen LogP contribution in [0.5, 0.6) is 0 Å². The maximum Gasteiger partial charge on any atom is 0.227 e. The molecule has 0 aromatic heterocycles. The number of nitrogens with one attached hydrogen (secondary N) is 2. The molecule has 1 fully saturated rings. The minimum Gasteiger partial charge on any atom is -0.326 e. The molecule has 3 heteroatoms. The van der Waals surface area contributed by atoms with E-state index in [2.05, 4.69) is 17.6 Å². The van der Waals surface area contributed by atoms with Crippen LogP contribution < -0.4 is 10.6 Å². The molecule has 0 heterocycles. The zero-order valence-corrected chi connectivity index (χ0v) is 9.79. The fourth-order valence-electron chi connectivity index (χ4n) is 1.89. The van der Waals surface area contributed by atoms with Gasteiger partial charge in [-0.15, -0.1) is 0 Å². The summed E-state index contributed by atoms with van der Waals surface area (Å²) in [5.41, 5.74) is 2.08. The van der Waals surface area contributed by atoms with Gasteiger partial charge in [-0.25, -0.2) is 0 Å². The molecule has 0 spiro atoms. The molecule has 16 heavy (non-hydrogen) atoms. The smallest absolute Gasteiger partial charge is 0.227 e. The zero-order valence-electron chi connectivity index (χ0n) is 9.79. The lowest BCUT2D eigenvalue weighted by molar-refractivity contribution is -0.117. The van der Waals surface area contributed by atoms with Crippen LogP contribution in [0.2, 0.25) is 0 Å². The lowest BCUT2D eigenvalue weighted by atomic mass is 10.2. The van der Waals surface area contributed by atoms with E-state index in [1.807, 2.05) is 31.3 Å². The molecule has 2 atom stereocenters. The van der Waals surface area contributed by atoms with Crippen LogP contribution in [-0.2, 0) is 11.3 Å². The first-order valence-electron chi connectivity index (χ1n) is 5.75. The summed E-state index contributed by atoms with van der Waals surface area (Å²) >= 11 is 0. The Kier molecular flexibility index (Phi) is 3.25. The van der Waals surface area contributed by atoms with E-state index in [-0.39, 0.29) is 11.8 Å². The molecule has 3 nitrogen and oxygen atoms in total. The normalized spacial score (nSPS) is 22.9. The molecule has 1 aromatic rings. The van der Waals surface area contributed by atoms with E-state index in [0.717, 1.165) is 18.7 Å².